The maximum Gasteiger partial charge on any atom is 0.364 e. The van der Waals surface area contributed by atoms with Crippen LogP contribution in [0.1, 0.15) is 13.3 Å². The minimum absolute atomic E-state index is 0. The van der Waals surface area contributed by atoms with Gasteiger partial charge in [0.05, 0.1) is 12.7 Å². The van der Waals surface area contributed by atoms with Gasteiger partial charge in [0.25, 0.3) is 5.79 Å². The second kappa shape index (κ2) is 6.93. The molecule has 1 heterocycles. The van der Waals surface area contributed by atoms with Crippen LogP contribution in [0.3, 0.4) is 0 Å². The van der Waals surface area contributed by atoms with E-state index in [2.05, 4.69) is 0 Å². The molecule has 11 heteroatoms. The van der Waals surface area contributed by atoms with Crippen LogP contribution in [0.15, 0.2) is 0 Å². The quantitative estimate of drug-likeness (QED) is 0.255. The molecule has 6 atom stereocenters. The van der Waals surface area contributed by atoms with Crippen LogP contribution in [-0.4, -0.2) is 90.2 Å². The average Bonchev–Trinajstić information content (AvgIpc) is 2.40. The lowest BCUT2D eigenvalue weighted by Crippen LogP contribution is -2.75. The Morgan fingerprint density at radius 1 is 1.41 bits per heavy atom. The minimum Gasteiger partial charge on any atom is -0.477 e. The summed E-state index contributed by atoms with van der Waals surface area (Å²) < 4.78 is 4.80. The number of ketones is 1. The number of carboxylic acids is 1. The van der Waals surface area contributed by atoms with Crippen LogP contribution in [0.25, 0.3) is 0 Å². The number of carboxylic acid groups (broad SMARTS) is 1. The molecule has 1 rings (SSSR count). The zero-order valence-corrected chi connectivity index (χ0v) is 11.7. The van der Waals surface area contributed by atoms with Crippen molar-refractivity contribution < 1.29 is 50.4 Å². The molecule has 0 amide bonds. The number of carbonyl (C=O) groups is 2. The van der Waals surface area contributed by atoms with Gasteiger partial charge >= 0.3 is 5.97 Å². The lowest BCUT2D eigenvalue weighted by molar-refractivity contribution is -0.303. The molecule has 130 valence electrons. The Balaban J connectivity index is 0.00000441. The van der Waals surface area contributed by atoms with Crippen molar-refractivity contribution in [2.45, 2.75) is 49.1 Å². The zero-order valence-electron chi connectivity index (χ0n) is 11.7. The van der Waals surface area contributed by atoms with Crippen molar-refractivity contribution in [2.75, 3.05) is 6.61 Å². The van der Waals surface area contributed by atoms with E-state index in [1.807, 2.05) is 0 Å². The standard InChI is InChI=1S/C11H19NO9.H2O/c1-4(14)11(12)6(16)2-10(20,9(18)19)21-8(11)7(17)5(15)3-13;/h5-8,13,15-17,20H,2-3,12H2,1H3,(H,18,19);1H2/t5-,6+,7-,8+,10+,11-;/m1./s1. The number of Topliss-reactive ketones (excluding diaryl/α,β-unsaturated/α-hetero) is 1. The van der Waals surface area contributed by atoms with E-state index in [9.17, 15) is 30.0 Å². The zero-order chi connectivity index (χ0) is 16.6. The number of carbonyl (C=O) groups excluding carboxylic acids is 1. The largest absolute Gasteiger partial charge is 0.477 e. The smallest absolute Gasteiger partial charge is 0.364 e. The van der Waals surface area contributed by atoms with Crippen molar-refractivity contribution in [3.05, 3.63) is 0 Å². The first-order chi connectivity index (χ1) is 9.50. The molecule has 0 unspecified atom stereocenters. The highest BCUT2D eigenvalue weighted by molar-refractivity contribution is 5.88. The van der Waals surface area contributed by atoms with Crippen LogP contribution in [0.4, 0.5) is 0 Å². The highest BCUT2D eigenvalue weighted by atomic mass is 16.7. The van der Waals surface area contributed by atoms with Crippen LogP contribution in [0, 0.1) is 0 Å². The Hall–Kier alpha value is -1.18. The van der Waals surface area contributed by atoms with Gasteiger partial charge in [-0.05, 0) is 6.92 Å². The van der Waals surface area contributed by atoms with Crippen molar-refractivity contribution in [1.82, 2.24) is 0 Å². The molecule has 0 aromatic rings. The lowest BCUT2D eigenvalue weighted by Gasteiger charge is -2.49. The summed E-state index contributed by atoms with van der Waals surface area (Å²) in [6.45, 7) is 0.0410. The summed E-state index contributed by atoms with van der Waals surface area (Å²) in [4.78, 5) is 22.7. The van der Waals surface area contributed by atoms with E-state index in [0.717, 1.165) is 6.92 Å². The fourth-order valence-corrected chi connectivity index (χ4v) is 2.21. The van der Waals surface area contributed by atoms with Gasteiger partial charge in [-0.15, -0.1) is 0 Å². The molecule has 1 saturated heterocycles. The van der Waals surface area contributed by atoms with Crippen molar-refractivity contribution >= 4 is 11.8 Å². The fraction of sp³-hybridized carbons (Fsp3) is 0.818. The SMILES string of the molecule is CC(=O)[C@@]1(N)[C@@H](O)C[C@@](O)(C(=O)O)O[C@H]1[C@H](O)[C@H](O)CO.O. The van der Waals surface area contributed by atoms with Gasteiger partial charge in [-0.25, -0.2) is 4.79 Å². The maximum absolute atomic E-state index is 11.7. The molecular formula is C11H21NO10. The monoisotopic (exact) mass is 327 g/mol. The van der Waals surface area contributed by atoms with Crippen LogP contribution in [0.5, 0.6) is 0 Å². The molecule has 11 nitrogen and oxygen atoms in total. The van der Waals surface area contributed by atoms with Gasteiger partial charge in [0.2, 0.25) is 0 Å². The van der Waals surface area contributed by atoms with Gasteiger partial charge < -0.3 is 46.6 Å². The lowest BCUT2D eigenvalue weighted by atomic mass is 9.75. The molecule has 0 aromatic heterocycles. The summed E-state index contributed by atoms with van der Waals surface area (Å²) in [6.07, 6.45) is -8.53. The third-order valence-corrected chi connectivity index (χ3v) is 3.65. The van der Waals surface area contributed by atoms with E-state index in [0.29, 0.717) is 0 Å². The third kappa shape index (κ3) is 3.26. The number of hydrogen-bond donors (Lipinski definition) is 7. The molecule has 1 fully saturated rings. The van der Waals surface area contributed by atoms with Crippen LogP contribution in [-0.2, 0) is 14.3 Å². The summed E-state index contributed by atoms with van der Waals surface area (Å²) in [7, 11) is 0. The molecule has 0 aromatic carbocycles. The first kappa shape index (κ1) is 20.8. The van der Waals surface area contributed by atoms with Gasteiger partial charge in [-0.1, -0.05) is 0 Å². The summed E-state index contributed by atoms with van der Waals surface area (Å²) in [5.41, 5.74) is 3.47. The predicted molar refractivity (Wildman–Crippen MR) is 68.4 cm³/mol. The Morgan fingerprint density at radius 2 is 1.91 bits per heavy atom. The molecule has 0 bridgehead atoms. The van der Waals surface area contributed by atoms with Crippen molar-refractivity contribution in [3.63, 3.8) is 0 Å². The number of aliphatic hydroxyl groups excluding tert-OH is 4. The summed E-state index contributed by atoms with van der Waals surface area (Å²) >= 11 is 0. The second-order valence-electron chi connectivity index (χ2n) is 5.08. The number of nitrogens with two attached hydrogens (primary N) is 1. The second-order valence-corrected chi connectivity index (χ2v) is 5.08. The molecule has 0 saturated carbocycles. The van der Waals surface area contributed by atoms with Crippen molar-refractivity contribution in [1.29, 1.82) is 0 Å². The number of rotatable bonds is 5. The summed E-state index contributed by atoms with van der Waals surface area (Å²) in [5, 5.41) is 56.8. The summed E-state index contributed by atoms with van der Waals surface area (Å²) in [6, 6.07) is 0. The number of hydrogen-bond acceptors (Lipinski definition) is 9. The molecule has 0 radical (unpaired) electrons. The number of ether oxygens (including phenoxy) is 1. The van der Waals surface area contributed by atoms with E-state index < -0.39 is 60.5 Å². The van der Waals surface area contributed by atoms with Gasteiger partial charge in [0.15, 0.2) is 5.78 Å². The Labute approximate surface area is 124 Å². The molecular weight excluding hydrogens is 306 g/mol. The highest BCUT2D eigenvalue weighted by Crippen LogP contribution is 2.36. The minimum atomic E-state index is -2.89. The average molecular weight is 327 g/mol. The third-order valence-electron chi connectivity index (χ3n) is 3.65. The van der Waals surface area contributed by atoms with Crippen LogP contribution < -0.4 is 5.73 Å². The predicted octanol–water partition coefficient (Wildman–Crippen LogP) is -4.91. The van der Waals surface area contributed by atoms with Gasteiger partial charge in [0.1, 0.15) is 23.9 Å². The summed E-state index contributed by atoms with van der Waals surface area (Å²) in [5.74, 6) is -5.60. The number of aliphatic hydroxyl groups is 5. The van der Waals surface area contributed by atoms with Crippen molar-refractivity contribution in [2.24, 2.45) is 5.73 Å². The molecule has 0 spiro atoms. The topological polar surface area (TPSA) is 222 Å². The normalized spacial score (nSPS) is 37.8. The van der Waals surface area contributed by atoms with Gasteiger partial charge in [-0.2, -0.15) is 0 Å². The Kier molecular flexibility index (Phi) is 6.56. The van der Waals surface area contributed by atoms with E-state index in [1.54, 1.807) is 0 Å². The molecule has 1 aliphatic heterocycles. The molecule has 1 aliphatic rings. The molecule has 10 N–H and O–H groups in total. The van der Waals surface area contributed by atoms with E-state index >= 15 is 0 Å². The first-order valence-electron chi connectivity index (χ1n) is 6.09. The Morgan fingerprint density at radius 3 is 2.27 bits per heavy atom. The van der Waals surface area contributed by atoms with E-state index in [4.69, 9.17) is 20.7 Å². The number of aliphatic carboxylic acids is 1. The molecule has 0 aliphatic carbocycles. The van der Waals surface area contributed by atoms with E-state index in [-0.39, 0.29) is 5.48 Å². The first-order valence-corrected chi connectivity index (χ1v) is 6.09. The van der Waals surface area contributed by atoms with Crippen LogP contribution >= 0.6 is 0 Å². The Bertz CT molecular complexity index is 431. The van der Waals surface area contributed by atoms with Gasteiger partial charge in [-0.3, -0.25) is 4.79 Å². The van der Waals surface area contributed by atoms with E-state index in [1.165, 1.54) is 0 Å². The fourth-order valence-electron chi connectivity index (χ4n) is 2.21. The van der Waals surface area contributed by atoms with Crippen LogP contribution in [0.2, 0.25) is 0 Å². The van der Waals surface area contributed by atoms with Crippen molar-refractivity contribution in [3.8, 4) is 0 Å². The maximum atomic E-state index is 11.7. The molecule has 22 heavy (non-hydrogen) atoms. The highest BCUT2D eigenvalue weighted by Gasteiger charge is 2.61. The van der Waals surface area contributed by atoms with Gasteiger partial charge in [0, 0.05) is 6.42 Å².